The summed E-state index contributed by atoms with van der Waals surface area (Å²) in [7, 11) is 1.70. The normalized spacial score (nSPS) is 16.7. The van der Waals surface area contributed by atoms with Crippen LogP contribution in [0.4, 0.5) is 0 Å². The number of aliphatic imine (C=N–C) groups is 1. The first-order valence-electron chi connectivity index (χ1n) is 10.5. The SMILES string of the molecule is CCNC(=NCCCCOCc1ccccc1)N1CCC(COCCOC)C1.I. The number of halogens is 1. The van der Waals surface area contributed by atoms with E-state index >= 15 is 0 Å². The van der Waals surface area contributed by atoms with E-state index in [0.29, 0.717) is 25.7 Å². The van der Waals surface area contributed by atoms with E-state index in [1.807, 2.05) is 18.2 Å². The first-order valence-corrected chi connectivity index (χ1v) is 10.5. The molecule has 1 aromatic carbocycles. The van der Waals surface area contributed by atoms with Crippen LogP contribution in [0.3, 0.4) is 0 Å². The molecule has 1 saturated heterocycles. The lowest BCUT2D eigenvalue weighted by Gasteiger charge is -2.21. The molecule has 1 N–H and O–H groups in total. The fraction of sp³-hybridized carbons (Fsp3) is 0.682. The summed E-state index contributed by atoms with van der Waals surface area (Å²) in [6.45, 7) is 9.52. The molecule has 0 radical (unpaired) electrons. The minimum absolute atomic E-state index is 0. The van der Waals surface area contributed by atoms with Crippen LogP contribution in [0.25, 0.3) is 0 Å². The Kier molecular flexibility index (Phi) is 15.2. The molecular formula is C22H38IN3O3. The van der Waals surface area contributed by atoms with Gasteiger partial charge in [-0.15, -0.1) is 24.0 Å². The van der Waals surface area contributed by atoms with Gasteiger partial charge in [-0.1, -0.05) is 30.3 Å². The number of unbranched alkanes of at least 4 members (excludes halogenated alkanes) is 1. The van der Waals surface area contributed by atoms with Crippen molar-refractivity contribution < 1.29 is 14.2 Å². The summed E-state index contributed by atoms with van der Waals surface area (Å²) < 4.78 is 16.5. The monoisotopic (exact) mass is 519 g/mol. The van der Waals surface area contributed by atoms with Gasteiger partial charge in [-0.3, -0.25) is 4.99 Å². The lowest BCUT2D eigenvalue weighted by molar-refractivity contribution is 0.0536. The van der Waals surface area contributed by atoms with Crippen LogP contribution in [-0.2, 0) is 20.8 Å². The Bertz CT molecular complexity index is 545. The highest BCUT2D eigenvalue weighted by atomic mass is 127. The number of benzene rings is 1. The van der Waals surface area contributed by atoms with E-state index in [9.17, 15) is 0 Å². The van der Waals surface area contributed by atoms with Crippen LogP contribution in [-0.4, -0.2) is 70.6 Å². The van der Waals surface area contributed by atoms with Crippen LogP contribution < -0.4 is 5.32 Å². The third-order valence-corrected chi connectivity index (χ3v) is 4.78. The zero-order chi connectivity index (χ0) is 19.9. The maximum Gasteiger partial charge on any atom is 0.193 e. The van der Waals surface area contributed by atoms with Crippen LogP contribution in [0, 0.1) is 5.92 Å². The van der Waals surface area contributed by atoms with Gasteiger partial charge >= 0.3 is 0 Å². The van der Waals surface area contributed by atoms with Crippen molar-refractivity contribution in [2.24, 2.45) is 10.9 Å². The third-order valence-electron chi connectivity index (χ3n) is 4.78. The third kappa shape index (κ3) is 11.2. The Balaban J connectivity index is 0.00000420. The van der Waals surface area contributed by atoms with Crippen molar-refractivity contribution in [3.8, 4) is 0 Å². The fourth-order valence-corrected chi connectivity index (χ4v) is 3.24. The molecule has 7 heteroatoms. The van der Waals surface area contributed by atoms with Gasteiger partial charge < -0.3 is 24.4 Å². The van der Waals surface area contributed by atoms with Gasteiger partial charge in [0.05, 0.1) is 26.4 Å². The molecule has 166 valence electrons. The first kappa shape index (κ1) is 26.1. The minimum atomic E-state index is 0. The molecule has 0 aliphatic carbocycles. The molecule has 0 aromatic heterocycles. The van der Waals surface area contributed by atoms with E-state index in [1.165, 1.54) is 5.56 Å². The van der Waals surface area contributed by atoms with E-state index in [1.54, 1.807) is 7.11 Å². The standard InChI is InChI=1S/C22H37N3O3.HI/c1-3-23-22(25-13-11-21(17-25)19-28-16-15-26-2)24-12-7-8-14-27-18-20-9-5-4-6-10-20;/h4-6,9-10,21H,3,7-8,11-19H2,1-2H3,(H,23,24);1H. The van der Waals surface area contributed by atoms with Crippen molar-refractivity contribution in [2.45, 2.75) is 32.8 Å². The minimum Gasteiger partial charge on any atom is -0.382 e. The summed E-state index contributed by atoms with van der Waals surface area (Å²) in [5.41, 5.74) is 1.23. The molecule has 6 nitrogen and oxygen atoms in total. The Morgan fingerprint density at radius 1 is 1.14 bits per heavy atom. The summed E-state index contributed by atoms with van der Waals surface area (Å²) in [5, 5.41) is 3.43. The average Bonchev–Trinajstić information content (AvgIpc) is 3.19. The van der Waals surface area contributed by atoms with Gasteiger partial charge in [0.1, 0.15) is 0 Å². The summed E-state index contributed by atoms with van der Waals surface area (Å²) in [6, 6.07) is 10.3. The van der Waals surface area contributed by atoms with Crippen molar-refractivity contribution in [3.05, 3.63) is 35.9 Å². The van der Waals surface area contributed by atoms with Gasteiger partial charge in [0, 0.05) is 45.8 Å². The molecule has 1 aliphatic heterocycles. The lowest BCUT2D eigenvalue weighted by atomic mass is 10.1. The second-order valence-electron chi connectivity index (χ2n) is 7.15. The molecule has 1 aliphatic rings. The van der Waals surface area contributed by atoms with Crippen LogP contribution in [0.15, 0.2) is 35.3 Å². The number of guanidine groups is 1. The Labute approximate surface area is 193 Å². The van der Waals surface area contributed by atoms with E-state index in [2.05, 4.69) is 29.3 Å². The van der Waals surface area contributed by atoms with Crippen molar-refractivity contribution in [3.63, 3.8) is 0 Å². The largest absolute Gasteiger partial charge is 0.382 e. The molecule has 2 rings (SSSR count). The van der Waals surface area contributed by atoms with Gasteiger partial charge in [0.15, 0.2) is 5.96 Å². The van der Waals surface area contributed by atoms with Crippen molar-refractivity contribution in [2.75, 3.05) is 59.7 Å². The Hall–Kier alpha value is -0.900. The van der Waals surface area contributed by atoms with Gasteiger partial charge in [-0.2, -0.15) is 0 Å². The molecular weight excluding hydrogens is 481 g/mol. The second kappa shape index (κ2) is 16.8. The molecule has 0 bridgehead atoms. The predicted octanol–water partition coefficient (Wildman–Crippen LogP) is 3.55. The maximum absolute atomic E-state index is 5.75. The van der Waals surface area contributed by atoms with Crippen molar-refractivity contribution in [1.29, 1.82) is 0 Å². The van der Waals surface area contributed by atoms with E-state index in [0.717, 1.165) is 64.6 Å². The van der Waals surface area contributed by atoms with E-state index in [-0.39, 0.29) is 24.0 Å². The molecule has 1 atom stereocenters. The predicted molar refractivity (Wildman–Crippen MR) is 129 cm³/mol. The lowest BCUT2D eigenvalue weighted by Crippen LogP contribution is -2.40. The van der Waals surface area contributed by atoms with Crippen LogP contribution in [0.5, 0.6) is 0 Å². The first-order chi connectivity index (χ1) is 13.8. The average molecular weight is 519 g/mol. The highest BCUT2D eigenvalue weighted by Crippen LogP contribution is 2.16. The Morgan fingerprint density at radius 3 is 2.72 bits per heavy atom. The number of nitrogens with zero attached hydrogens (tertiary/aromatic N) is 2. The zero-order valence-electron chi connectivity index (χ0n) is 18.0. The fourth-order valence-electron chi connectivity index (χ4n) is 3.24. The van der Waals surface area contributed by atoms with Crippen LogP contribution >= 0.6 is 24.0 Å². The Morgan fingerprint density at radius 2 is 1.97 bits per heavy atom. The van der Waals surface area contributed by atoms with Gasteiger partial charge in [-0.05, 0) is 31.7 Å². The smallest absolute Gasteiger partial charge is 0.193 e. The van der Waals surface area contributed by atoms with E-state index in [4.69, 9.17) is 19.2 Å². The summed E-state index contributed by atoms with van der Waals surface area (Å²) >= 11 is 0. The molecule has 0 amide bonds. The van der Waals surface area contributed by atoms with Crippen molar-refractivity contribution in [1.82, 2.24) is 10.2 Å². The van der Waals surface area contributed by atoms with Crippen LogP contribution in [0.1, 0.15) is 31.7 Å². The molecule has 29 heavy (non-hydrogen) atoms. The summed E-state index contributed by atoms with van der Waals surface area (Å²) in [4.78, 5) is 7.17. The quantitative estimate of drug-likeness (QED) is 0.187. The second-order valence-corrected chi connectivity index (χ2v) is 7.15. The number of hydrogen-bond acceptors (Lipinski definition) is 4. The summed E-state index contributed by atoms with van der Waals surface area (Å²) in [6.07, 6.45) is 3.23. The number of hydrogen-bond donors (Lipinski definition) is 1. The molecule has 0 saturated carbocycles. The molecule has 1 unspecified atom stereocenters. The van der Waals surface area contributed by atoms with Crippen molar-refractivity contribution >= 4 is 29.9 Å². The highest BCUT2D eigenvalue weighted by Gasteiger charge is 2.24. The van der Waals surface area contributed by atoms with Gasteiger partial charge in [0.2, 0.25) is 0 Å². The molecule has 1 heterocycles. The van der Waals surface area contributed by atoms with Gasteiger partial charge in [-0.25, -0.2) is 0 Å². The van der Waals surface area contributed by atoms with E-state index < -0.39 is 0 Å². The number of likely N-dealkylation sites (tertiary alicyclic amines) is 1. The molecule has 0 spiro atoms. The van der Waals surface area contributed by atoms with Crippen LogP contribution in [0.2, 0.25) is 0 Å². The number of rotatable bonds is 13. The maximum atomic E-state index is 5.75. The number of nitrogens with one attached hydrogen (secondary N) is 1. The highest BCUT2D eigenvalue weighted by molar-refractivity contribution is 14.0. The molecule has 1 aromatic rings. The number of methoxy groups -OCH3 is 1. The molecule has 1 fully saturated rings. The van der Waals surface area contributed by atoms with Gasteiger partial charge in [0.25, 0.3) is 0 Å². The number of ether oxygens (including phenoxy) is 3. The zero-order valence-corrected chi connectivity index (χ0v) is 20.3. The topological polar surface area (TPSA) is 55.3 Å². The summed E-state index contributed by atoms with van der Waals surface area (Å²) in [5.74, 6) is 1.61.